The van der Waals surface area contributed by atoms with Crippen molar-refractivity contribution >= 4 is 54.0 Å². The zero-order valence-electron chi connectivity index (χ0n) is 18.1. The van der Waals surface area contributed by atoms with Gasteiger partial charge in [-0.1, -0.05) is 72.8 Å². The molecule has 0 bridgehead atoms. The molecule has 2 aliphatic heterocycles. The molecule has 0 aromatic heterocycles. The number of aliphatic hydroxyl groups excluding tert-OH is 1. The number of sulfonamides is 1. The summed E-state index contributed by atoms with van der Waals surface area (Å²) in [5.74, 6) is -0.730. The molecule has 0 aliphatic carbocycles. The second-order valence-corrected chi connectivity index (χ2v) is 11.0. The molecule has 2 heterocycles. The highest BCUT2D eigenvalue weighted by Crippen LogP contribution is 2.58. The van der Waals surface area contributed by atoms with E-state index in [1.54, 1.807) is 48.5 Å². The number of carbonyl (C=O) groups excluding carboxylic acids is 1. The van der Waals surface area contributed by atoms with E-state index in [0.717, 1.165) is 15.1 Å². The Bertz CT molecular complexity index is 1660. The third-order valence-electron chi connectivity index (χ3n) is 6.46. The molecule has 8 heteroatoms. The van der Waals surface area contributed by atoms with Gasteiger partial charge in [-0.25, -0.2) is 17.5 Å². The molecule has 0 radical (unpaired) electrons. The minimum atomic E-state index is -4.32. The number of hydrogen-bond donors (Lipinski definition) is 1. The first-order valence-electron chi connectivity index (χ1n) is 10.9. The van der Waals surface area contributed by atoms with Gasteiger partial charge < -0.3 is 9.84 Å². The predicted octanol–water partition coefficient (Wildman–Crippen LogP) is 5.18. The number of rotatable bonds is 3. The van der Waals surface area contributed by atoms with Crippen molar-refractivity contribution in [3.63, 3.8) is 0 Å². The number of ether oxygens (including phenoxy) is 1. The van der Waals surface area contributed by atoms with Crippen LogP contribution in [0.2, 0.25) is 0 Å². The van der Waals surface area contributed by atoms with Crippen LogP contribution in [0.4, 0.5) is 5.69 Å². The van der Waals surface area contributed by atoms with Crippen LogP contribution >= 0.6 is 15.9 Å². The summed E-state index contributed by atoms with van der Waals surface area (Å²) in [6.45, 7) is 0. The minimum absolute atomic E-state index is 0.0107. The molecule has 4 aromatic rings. The van der Waals surface area contributed by atoms with Crippen LogP contribution in [0.5, 0.6) is 0 Å². The molecule has 6 nitrogen and oxygen atoms in total. The van der Waals surface area contributed by atoms with Crippen LogP contribution in [0.15, 0.2) is 106 Å². The predicted molar refractivity (Wildman–Crippen MR) is 136 cm³/mol. The second kappa shape index (κ2) is 7.78. The Labute approximate surface area is 210 Å². The monoisotopic (exact) mass is 547 g/mol. The van der Waals surface area contributed by atoms with E-state index < -0.39 is 27.8 Å². The van der Waals surface area contributed by atoms with Gasteiger partial charge in [0, 0.05) is 21.7 Å². The van der Waals surface area contributed by atoms with Crippen LogP contribution in [0.3, 0.4) is 0 Å². The number of carbonyl (C=O) groups is 1. The first kappa shape index (κ1) is 22.0. The first-order chi connectivity index (χ1) is 16.9. The third kappa shape index (κ3) is 3.03. The molecule has 0 amide bonds. The van der Waals surface area contributed by atoms with Gasteiger partial charge in [-0.15, -0.1) is 0 Å². The maximum Gasteiger partial charge on any atom is 0.333 e. The molecule has 0 unspecified atom stereocenters. The van der Waals surface area contributed by atoms with E-state index in [9.17, 15) is 18.3 Å². The first-order valence-corrected chi connectivity index (χ1v) is 13.1. The Morgan fingerprint density at radius 1 is 0.886 bits per heavy atom. The molecule has 1 spiro atoms. The molecule has 2 aliphatic rings. The van der Waals surface area contributed by atoms with E-state index in [0.29, 0.717) is 15.6 Å². The summed E-state index contributed by atoms with van der Waals surface area (Å²) in [6.07, 6.45) is -0.174. The maximum atomic E-state index is 14.2. The Hall–Kier alpha value is -3.46. The zero-order chi connectivity index (χ0) is 24.4. The van der Waals surface area contributed by atoms with E-state index in [1.807, 2.05) is 36.4 Å². The fourth-order valence-corrected chi connectivity index (χ4v) is 7.69. The quantitative estimate of drug-likeness (QED) is 0.357. The lowest BCUT2D eigenvalue weighted by atomic mass is 9.88. The lowest BCUT2D eigenvalue weighted by molar-refractivity contribution is -0.151. The van der Waals surface area contributed by atoms with Gasteiger partial charge >= 0.3 is 5.97 Å². The van der Waals surface area contributed by atoms with Crippen LogP contribution < -0.4 is 4.31 Å². The standard InChI is InChI=1S/C27H18BrNO5S/c28-22-13-4-6-15-24(22)35(32,33)29-23-14-5-3-11-20(23)26(31)27(29)21(16-25(30)34-27)19-12-7-9-17-8-1-2-10-18(17)19/h1-16,26,31H/t26-,27-/m0/s1. The van der Waals surface area contributed by atoms with Gasteiger partial charge in [0.1, 0.15) is 11.0 Å². The lowest BCUT2D eigenvalue weighted by Crippen LogP contribution is -2.53. The van der Waals surface area contributed by atoms with Gasteiger partial charge in [-0.3, -0.25) is 0 Å². The highest BCUT2D eigenvalue weighted by atomic mass is 79.9. The molecular weight excluding hydrogens is 530 g/mol. The van der Waals surface area contributed by atoms with Crippen molar-refractivity contribution < 1.29 is 23.1 Å². The van der Waals surface area contributed by atoms with Crippen molar-refractivity contribution in [3.8, 4) is 0 Å². The Morgan fingerprint density at radius 2 is 1.57 bits per heavy atom. The topological polar surface area (TPSA) is 83.9 Å². The van der Waals surface area contributed by atoms with Crippen molar-refractivity contribution in [1.29, 1.82) is 0 Å². The van der Waals surface area contributed by atoms with E-state index in [-0.39, 0.29) is 16.2 Å². The number of aliphatic hydroxyl groups is 1. The van der Waals surface area contributed by atoms with E-state index in [2.05, 4.69) is 15.9 Å². The summed E-state index contributed by atoms with van der Waals surface area (Å²) >= 11 is 3.35. The molecule has 4 aromatic carbocycles. The number of para-hydroxylation sites is 1. The Kier molecular flexibility index (Phi) is 4.90. The summed E-state index contributed by atoms with van der Waals surface area (Å²) < 4.78 is 35.7. The van der Waals surface area contributed by atoms with Gasteiger partial charge in [0.2, 0.25) is 0 Å². The molecule has 2 atom stereocenters. The summed E-state index contributed by atoms with van der Waals surface area (Å²) in [6, 6.07) is 26.2. The average Bonchev–Trinajstić information content (AvgIpc) is 3.33. The van der Waals surface area contributed by atoms with Crippen LogP contribution in [0, 0.1) is 0 Å². The van der Waals surface area contributed by atoms with Crippen molar-refractivity contribution in [3.05, 3.63) is 113 Å². The zero-order valence-corrected chi connectivity index (χ0v) is 20.5. The normalized spacial score (nSPS) is 21.3. The molecule has 35 heavy (non-hydrogen) atoms. The van der Waals surface area contributed by atoms with Crippen molar-refractivity contribution in [2.24, 2.45) is 0 Å². The number of anilines is 1. The summed E-state index contributed by atoms with van der Waals surface area (Å²) in [4.78, 5) is 12.8. The fraction of sp³-hybridized carbons (Fsp3) is 0.0741. The van der Waals surface area contributed by atoms with Gasteiger partial charge in [-0.05, 0) is 50.5 Å². The van der Waals surface area contributed by atoms with Crippen LogP contribution in [0.25, 0.3) is 16.3 Å². The van der Waals surface area contributed by atoms with Gasteiger partial charge in [0.05, 0.1) is 5.69 Å². The number of halogens is 1. The maximum absolute atomic E-state index is 14.2. The van der Waals surface area contributed by atoms with Gasteiger partial charge in [-0.2, -0.15) is 0 Å². The van der Waals surface area contributed by atoms with Crippen LogP contribution in [-0.2, 0) is 19.6 Å². The molecular formula is C27H18BrNO5S. The van der Waals surface area contributed by atoms with Crippen molar-refractivity contribution in [1.82, 2.24) is 0 Å². The summed E-state index contributed by atoms with van der Waals surface area (Å²) in [7, 11) is -4.32. The Balaban J connectivity index is 1.67. The summed E-state index contributed by atoms with van der Waals surface area (Å²) in [5.41, 5.74) is -0.536. The van der Waals surface area contributed by atoms with E-state index >= 15 is 0 Å². The Morgan fingerprint density at radius 3 is 2.40 bits per heavy atom. The second-order valence-electron chi connectivity index (χ2n) is 8.36. The molecule has 0 fully saturated rings. The van der Waals surface area contributed by atoms with Crippen LogP contribution in [-0.4, -0.2) is 25.2 Å². The number of esters is 1. The molecule has 0 saturated carbocycles. The fourth-order valence-electron chi connectivity index (χ4n) is 5.01. The SMILES string of the molecule is O=C1C=C(c2cccc3ccccc23)[C@]2(O1)[C@@H](O)c1ccccc1N2S(=O)(=O)c1ccccc1Br. The summed E-state index contributed by atoms with van der Waals surface area (Å²) in [5, 5.41) is 13.4. The lowest BCUT2D eigenvalue weighted by Gasteiger charge is -2.38. The van der Waals surface area contributed by atoms with E-state index in [4.69, 9.17) is 4.74 Å². The number of fused-ring (bicyclic) bond motifs is 2. The van der Waals surface area contributed by atoms with Crippen molar-refractivity contribution in [2.45, 2.75) is 16.7 Å². The largest absolute Gasteiger partial charge is 0.427 e. The minimum Gasteiger partial charge on any atom is -0.427 e. The molecule has 174 valence electrons. The van der Waals surface area contributed by atoms with E-state index in [1.165, 1.54) is 12.1 Å². The third-order valence-corrected chi connectivity index (χ3v) is 9.28. The van der Waals surface area contributed by atoms with Crippen molar-refractivity contribution in [2.75, 3.05) is 4.31 Å². The molecule has 6 rings (SSSR count). The van der Waals surface area contributed by atoms with Gasteiger partial charge in [0.25, 0.3) is 15.7 Å². The number of nitrogens with zero attached hydrogens (tertiary/aromatic N) is 1. The van der Waals surface area contributed by atoms with Crippen LogP contribution in [0.1, 0.15) is 17.2 Å². The number of benzene rings is 4. The van der Waals surface area contributed by atoms with Gasteiger partial charge in [0.15, 0.2) is 0 Å². The molecule has 1 N–H and O–H groups in total. The number of hydrogen-bond acceptors (Lipinski definition) is 5. The average molecular weight is 548 g/mol. The molecule has 0 saturated heterocycles. The smallest absolute Gasteiger partial charge is 0.333 e. The highest BCUT2D eigenvalue weighted by Gasteiger charge is 2.64. The highest BCUT2D eigenvalue weighted by molar-refractivity contribution is 9.10.